The molecule has 0 atom stereocenters. The molecule has 0 aliphatic rings. The van der Waals surface area contributed by atoms with Crippen LogP contribution < -0.4 is 4.80 Å². The van der Waals surface area contributed by atoms with Crippen LogP contribution in [0.2, 0.25) is 0 Å². The lowest BCUT2D eigenvalue weighted by Crippen LogP contribution is -2.36. The second-order valence-corrected chi connectivity index (χ2v) is 2.74. The van der Waals surface area contributed by atoms with Gasteiger partial charge in [0.1, 0.15) is 6.54 Å². The maximum atomic E-state index is 8.39. The molecule has 9 heavy (non-hydrogen) atoms. The first-order valence-electron chi connectivity index (χ1n) is 2.68. The van der Waals surface area contributed by atoms with E-state index in [1.165, 1.54) is 0 Å². The van der Waals surface area contributed by atoms with Crippen molar-refractivity contribution in [1.82, 2.24) is 0 Å². The molecule has 55 valence electrons. The minimum atomic E-state index is 0.281. The molecule has 0 aromatic rings. The second kappa shape index (κ2) is 6.22. The van der Waals surface area contributed by atoms with Crippen molar-refractivity contribution in [1.29, 1.82) is 0 Å². The molecule has 0 spiro atoms. The lowest BCUT2D eigenvalue weighted by Gasteiger charge is -2.21. The summed E-state index contributed by atoms with van der Waals surface area (Å²) in [6, 6.07) is 0. The molecule has 0 rings (SSSR count). The fourth-order valence-electron chi connectivity index (χ4n) is 0.300. The summed E-state index contributed by atoms with van der Waals surface area (Å²) in [7, 11) is 7.88. The van der Waals surface area contributed by atoms with E-state index in [1.54, 1.807) is 10.5 Å². The Balaban J connectivity index is 0. The summed E-state index contributed by atoms with van der Waals surface area (Å²) < 4.78 is 0.844. The molecule has 0 fully saturated rings. The first-order chi connectivity index (χ1) is 4.06. The molecule has 0 bridgehead atoms. The average Bonchev–Trinajstić information content (AvgIpc) is 1.69. The number of aliphatic hydroxyl groups is 1. The molecule has 0 unspecified atom stereocenters. The van der Waals surface area contributed by atoms with Crippen molar-refractivity contribution in [2.45, 2.75) is 0 Å². The topological polar surface area (TPSA) is 43.3 Å². The summed E-state index contributed by atoms with van der Waals surface area (Å²) in [5.41, 5.74) is 0. The maximum absolute atomic E-state index is 8.39. The Kier molecular flexibility index (Phi) is 8.18. The SMILES string of the molecule is C[N+](C)(C)CCO.[O-][Si]. The highest BCUT2D eigenvalue weighted by Gasteiger charge is 2.02. The predicted octanol–water partition coefficient (Wildman–Crippen LogP) is -1.88. The zero-order valence-electron chi connectivity index (χ0n) is 6.22. The molecule has 0 heterocycles. The molecule has 0 saturated heterocycles. The quantitative estimate of drug-likeness (QED) is 0.368. The Labute approximate surface area is 60.1 Å². The first kappa shape index (κ1) is 11.8. The van der Waals surface area contributed by atoms with Gasteiger partial charge < -0.3 is 14.4 Å². The molecular formula is C5H14NO2Si. The maximum Gasteiger partial charge on any atom is 0.101 e. The summed E-state index contributed by atoms with van der Waals surface area (Å²) in [5.74, 6) is 0. The van der Waals surface area contributed by atoms with Gasteiger partial charge in [-0.05, 0) is 0 Å². The number of rotatable bonds is 2. The first-order valence-corrected chi connectivity index (χ1v) is 3.09. The van der Waals surface area contributed by atoms with Crippen LogP contribution in [0, 0.1) is 0 Å². The molecule has 0 aliphatic heterocycles. The molecule has 3 radical (unpaired) electrons. The van der Waals surface area contributed by atoms with Gasteiger partial charge in [-0.3, -0.25) is 0 Å². The molecule has 4 heteroatoms. The molecule has 3 nitrogen and oxygen atoms in total. The van der Waals surface area contributed by atoms with Gasteiger partial charge in [-0.25, -0.2) is 0 Å². The Morgan fingerprint density at radius 1 is 1.33 bits per heavy atom. The third-order valence-corrected chi connectivity index (χ3v) is 0.771. The van der Waals surface area contributed by atoms with Crippen LogP contribution in [0.5, 0.6) is 0 Å². The molecule has 0 aromatic carbocycles. The van der Waals surface area contributed by atoms with Gasteiger partial charge in [-0.2, -0.15) is 0 Å². The minimum absolute atomic E-state index is 0.281. The number of likely N-dealkylation sites (N-methyl/N-ethyl adjacent to an activating group) is 1. The highest BCUT2D eigenvalue weighted by atomic mass is 28.2. The average molecular weight is 148 g/mol. The summed E-state index contributed by atoms with van der Waals surface area (Å²) >= 11 is 0. The van der Waals surface area contributed by atoms with Crippen molar-refractivity contribution in [2.75, 3.05) is 34.3 Å². The van der Waals surface area contributed by atoms with Gasteiger partial charge in [0.2, 0.25) is 0 Å². The van der Waals surface area contributed by atoms with Crippen LogP contribution in [0.15, 0.2) is 0 Å². The largest absolute Gasteiger partial charge is 0.866 e. The number of aliphatic hydroxyl groups excluding tert-OH is 1. The van der Waals surface area contributed by atoms with Crippen molar-refractivity contribution < 1.29 is 14.4 Å². The van der Waals surface area contributed by atoms with Gasteiger partial charge in [0.25, 0.3) is 0 Å². The van der Waals surface area contributed by atoms with E-state index in [1.807, 2.05) is 0 Å². The Morgan fingerprint density at radius 2 is 1.67 bits per heavy atom. The fourth-order valence-corrected chi connectivity index (χ4v) is 0.300. The summed E-state index contributed by atoms with van der Waals surface area (Å²) in [5, 5.41) is 8.39. The second-order valence-electron chi connectivity index (χ2n) is 2.74. The third kappa shape index (κ3) is 17.9. The molecule has 0 aromatic heterocycles. The highest BCUT2D eigenvalue weighted by molar-refractivity contribution is 5.92. The summed E-state index contributed by atoms with van der Waals surface area (Å²) in [6.07, 6.45) is 0. The van der Waals surface area contributed by atoms with E-state index in [0.717, 1.165) is 11.0 Å². The van der Waals surface area contributed by atoms with E-state index in [2.05, 4.69) is 21.1 Å². The van der Waals surface area contributed by atoms with Gasteiger partial charge in [-0.1, -0.05) is 0 Å². The molecular weight excluding hydrogens is 134 g/mol. The van der Waals surface area contributed by atoms with E-state index in [-0.39, 0.29) is 6.61 Å². The van der Waals surface area contributed by atoms with Crippen LogP contribution >= 0.6 is 0 Å². The molecule has 0 amide bonds. The van der Waals surface area contributed by atoms with E-state index < -0.39 is 0 Å². The van der Waals surface area contributed by atoms with Crippen molar-refractivity contribution in [3.05, 3.63) is 0 Å². The van der Waals surface area contributed by atoms with Crippen LogP contribution in [0.1, 0.15) is 0 Å². The Bertz CT molecular complexity index is 53.4. The third-order valence-electron chi connectivity index (χ3n) is 0.771. The van der Waals surface area contributed by atoms with Crippen molar-refractivity contribution >= 4 is 10.5 Å². The van der Waals surface area contributed by atoms with Crippen molar-refractivity contribution in [3.8, 4) is 0 Å². The zero-order valence-corrected chi connectivity index (χ0v) is 7.22. The minimum Gasteiger partial charge on any atom is -0.866 e. The summed E-state index contributed by atoms with van der Waals surface area (Å²) in [4.78, 5) is 8.06. The lowest BCUT2D eigenvalue weighted by atomic mass is 10.5. The number of hydrogen-bond acceptors (Lipinski definition) is 2. The van der Waals surface area contributed by atoms with Crippen LogP contribution in [-0.2, 0) is 0 Å². The van der Waals surface area contributed by atoms with E-state index in [4.69, 9.17) is 9.90 Å². The highest BCUT2D eigenvalue weighted by Crippen LogP contribution is 1.84. The van der Waals surface area contributed by atoms with Crippen LogP contribution in [0.3, 0.4) is 0 Å². The predicted molar refractivity (Wildman–Crippen MR) is 35.7 cm³/mol. The fraction of sp³-hybridized carbons (Fsp3) is 1.00. The monoisotopic (exact) mass is 148 g/mol. The summed E-state index contributed by atoms with van der Waals surface area (Å²) in [6.45, 7) is 1.11. The zero-order chi connectivity index (χ0) is 7.91. The lowest BCUT2D eigenvalue weighted by molar-refractivity contribution is -0.870. The van der Waals surface area contributed by atoms with Crippen LogP contribution in [-0.4, -0.2) is 54.4 Å². The Hall–Kier alpha value is 0.0969. The number of hydrogen-bond donors (Lipinski definition) is 1. The van der Waals surface area contributed by atoms with Crippen molar-refractivity contribution in [3.63, 3.8) is 0 Å². The van der Waals surface area contributed by atoms with E-state index in [9.17, 15) is 0 Å². The van der Waals surface area contributed by atoms with E-state index >= 15 is 0 Å². The Morgan fingerprint density at radius 3 is 1.67 bits per heavy atom. The van der Waals surface area contributed by atoms with Crippen LogP contribution in [0.4, 0.5) is 0 Å². The van der Waals surface area contributed by atoms with Crippen LogP contribution in [0.25, 0.3) is 0 Å². The van der Waals surface area contributed by atoms with Gasteiger partial charge in [-0.15, -0.1) is 10.5 Å². The standard InChI is InChI=1S/C5H14NO.OSi/c1-6(2,3)4-5-7;1-2/h7H,4-5H2,1-3H3;/q+1;-1. The van der Waals surface area contributed by atoms with Gasteiger partial charge in [0, 0.05) is 0 Å². The normalized spacial score (nSPS) is 10.0. The number of nitrogens with zero attached hydrogens (tertiary/aromatic N) is 1. The molecule has 0 aliphatic carbocycles. The van der Waals surface area contributed by atoms with Gasteiger partial charge in [0.15, 0.2) is 0 Å². The van der Waals surface area contributed by atoms with Gasteiger partial charge in [0.05, 0.1) is 27.7 Å². The van der Waals surface area contributed by atoms with Crippen molar-refractivity contribution in [2.24, 2.45) is 0 Å². The van der Waals surface area contributed by atoms with E-state index in [0.29, 0.717) is 0 Å². The smallest absolute Gasteiger partial charge is 0.101 e. The van der Waals surface area contributed by atoms with Gasteiger partial charge >= 0.3 is 0 Å². The molecule has 0 saturated carbocycles. The number of quaternary nitrogens is 1. The molecule has 1 N–H and O–H groups in total.